The smallest absolute Gasteiger partial charge is 0.193 e. The fourth-order valence-corrected chi connectivity index (χ4v) is 2.20. The molecule has 0 atom stereocenters. The summed E-state index contributed by atoms with van der Waals surface area (Å²) in [5, 5.41) is 3.27. The molecule has 1 aliphatic rings. The highest BCUT2D eigenvalue weighted by atomic mass is 16.7. The predicted molar refractivity (Wildman–Crippen MR) is 71.6 cm³/mol. The molecular weight excluding hydrogens is 230 g/mol. The fraction of sp³-hybridized carbons (Fsp3) is 0.769. The first-order valence-corrected chi connectivity index (χ1v) is 6.53. The van der Waals surface area contributed by atoms with E-state index in [0.29, 0.717) is 12.2 Å². The average molecular weight is 255 g/mol. The zero-order valence-corrected chi connectivity index (χ0v) is 12.0. The Balaban J connectivity index is 2.56. The number of allylic oxidation sites excluding steroid dienone is 1. The number of rotatable bonds is 6. The Labute approximate surface area is 110 Å². The van der Waals surface area contributed by atoms with Gasteiger partial charge in [0, 0.05) is 14.1 Å². The minimum absolute atomic E-state index is 0.144. The van der Waals surface area contributed by atoms with E-state index >= 15 is 0 Å². The standard InChI is InChI=1S/C13H25N3O2/c1-5-12(14(2)15(3)18-4)13(17)11-16-9-7-6-8-10-16/h5H,6-11H2,1-4H3/b12-5-. The zero-order chi connectivity index (χ0) is 13.5. The summed E-state index contributed by atoms with van der Waals surface area (Å²) in [7, 11) is 5.18. The number of carbonyl (C=O) groups is 1. The Morgan fingerprint density at radius 2 is 1.89 bits per heavy atom. The first-order valence-electron chi connectivity index (χ1n) is 6.53. The minimum Gasteiger partial charge on any atom is -0.296 e. The van der Waals surface area contributed by atoms with Gasteiger partial charge in [0.2, 0.25) is 0 Å². The van der Waals surface area contributed by atoms with Gasteiger partial charge in [0.05, 0.1) is 19.4 Å². The van der Waals surface area contributed by atoms with Crippen LogP contribution in [0.5, 0.6) is 0 Å². The van der Waals surface area contributed by atoms with Crippen molar-refractivity contribution in [2.24, 2.45) is 0 Å². The van der Waals surface area contributed by atoms with Crippen molar-refractivity contribution in [3.05, 3.63) is 11.8 Å². The number of ketones is 1. The van der Waals surface area contributed by atoms with E-state index in [2.05, 4.69) is 4.90 Å². The number of hydrazine groups is 1. The first kappa shape index (κ1) is 15.1. The molecule has 1 fully saturated rings. The molecule has 0 aromatic heterocycles. The van der Waals surface area contributed by atoms with Crippen molar-refractivity contribution in [3.8, 4) is 0 Å². The molecule has 0 N–H and O–H groups in total. The monoisotopic (exact) mass is 255 g/mol. The van der Waals surface area contributed by atoms with Gasteiger partial charge in [-0.15, -0.1) is 5.17 Å². The first-order chi connectivity index (χ1) is 8.60. The number of likely N-dealkylation sites (tertiary alicyclic amines) is 1. The number of hydrogen-bond donors (Lipinski definition) is 0. The summed E-state index contributed by atoms with van der Waals surface area (Å²) in [5.41, 5.74) is 0.671. The molecule has 0 aromatic carbocycles. The number of carbonyl (C=O) groups excluding carboxylic acids is 1. The molecule has 1 aliphatic heterocycles. The highest BCUT2D eigenvalue weighted by Gasteiger charge is 2.20. The van der Waals surface area contributed by atoms with Gasteiger partial charge in [-0.25, -0.2) is 0 Å². The molecule has 5 heteroatoms. The SMILES string of the molecule is C/C=C(/C(=O)CN1CCCCC1)N(C)N(C)OC. The van der Waals surface area contributed by atoms with Crippen molar-refractivity contribution < 1.29 is 9.63 Å². The summed E-state index contributed by atoms with van der Waals surface area (Å²) < 4.78 is 0. The number of piperidine rings is 1. The molecule has 0 radical (unpaired) electrons. The van der Waals surface area contributed by atoms with Crippen LogP contribution in [0.3, 0.4) is 0 Å². The van der Waals surface area contributed by atoms with Crippen LogP contribution in [0.1, 0.15) is 26.2 Å². The molecule has 1 rings (SSSR count). The van der Waals surface area contributed by atoms with Gasteiger partial charge in [-0.05, 0) is 32.9 Å². The van der Waals surface area contributed by atoms with Crippen molar-refractivity contribution in [2.45, 2.75) is 26.2 Å². The Morgan fingerprint density at radius 1 is 1.28 bits per heavy atom. The van der Waals surface area contributed by atoms with Crippen LogP contribution in [-0.4, -0.2) is 61.7 Å². The molecule has 0 bridgehead atoms. The molecule has 0 saturated carbocycles. The summed E-state index contributed by atoms with van der Waals surface area (Å²) in [6, 6.07) is 0. The Hall–Kier alpha value is -0.910. The Bertz CT molecular complexity index is 299. The van der Waals surface area contributed by atoms with Gasteiger partial charge in [0.25, 0.3) is 0 Å². The summed E-state index contributed by atoms with van der Waals surface area (Å²) in [6.45, 7) is 4.45. The number of hydrogen-bond acceptors (Lipinski definition) is 5. The van der Waals surface area contributed by atoms with Crippen LogP contribution in [0.4, 0.5) is 0 Å². The minimum atomic E-state index is 0.144. The van der Waals surface area contributed by atoms with Gasteiger partial charge < -0.3 is 0 Å². The lowest BCUT2D eigenvalue weighted by Crippen LogP contribution is -2.41. The van der Waals surface area contributed by atoms with Crippen molar-refractivity contribution in [2.75, 3.05) is 40.8 Å². The third kappa shape index (κ3) is 4.08. The highest BCUT2D eigenvalue weighted by molar-refractivity contribution is 5.96. The number of hydroxylamine groups is 1. The van der Waals surface area contributed by atoms with Crippen LogP contribution in [-0.2, 0) is 9.63 Å². The molecule has 0 aliphatic carbocycles. The van der Waals surface area contributed by atoms with E-state index in [1.807, 2.05) is 20.0 Å². The van der Waals surface area contributed by atoms with Crippen LogP contribution < -0.4 is 0 Å². The largest absolute Gasteiger partial charge is 0.296 e. The molecule has 104 valence electrons. The molecule has 5 nitrogen and oxygen atoms in total. The Morgan fingerprint density at radius 3 is 2.39 bits per heavy atom. The van der Waals surface area contributed by atoms with Crippen LogP contribution in [0, 0.1) is 0 Å². The zero-order valence-electron chi connectivity index (χ0n) is 12.0. The number of nitrogens with zero attached hydrogens (tertiary/aromatic N) is 3. The van der Waals surface area contributed by atoms with Gasteiger partial charge in [0.1, 0.15) is 0 Å². The summed E-state index contributed by atoms with van der Waals surface area (Å²) in [5.74, 6) is 0.144. The lowest BCUT2D eigenvalue weighted by Gasteiger charge is -2.31. The van der Waals surface area contributed by atoms with E-state index in [-0.39, 0.29) is 5.78 Å². The van der Waals surface area contributed by atoms with E-state index in [1.165, 1.54) is 19.3 Å². The maximum atomic E-state index is 12.3. The second-order valence-electron chi connectivity index (χ2n) is 4.60. The molecular formula is C13H25N3O2. The third-order valence-corrected chi connectivity index (χ3v) is 3.41. The van der Waals surface area contributed by atoms with Gasteiger partial charge in [-0.1, -0.05) is 12.5 Å². The molecule has 1 heterocycles. The van der Waals surface area contributed by atoms with Gasteiger partial charge in [0.15, 0.2) is 5.78 Å². The lowest BCUT2D eigenvalue weighted by atomic mass is 10.1. The topological polar surface area (TPSA) is 36.0 Å². The normalized spacial score (nSPS) is 18.2. The molecule has 0 spiro atoms. The highest BCUT2D eigenvalue weighted by Crippen LogP contribution is 2.11. The second-order valence-corrected chi connectivity index (χ2v) is 4.60. The predicted octanol–water partition coefficient (Wildman–Crippen LogP) is 1.29. The van der Waals surface area contributed by atoms with E-state index in [1.54, 1.807) is 24.3 Å². The van der Waals surface area contributed by atoms with Crippen molar-refractivity contribution in [1.82, 2.24) is 15.1 Å². The third-order valence-electron chi connectivity index (χ3n) is 3.41. The molecule has 1 saturated heterocycles. The van der Waals surface area contributed by atoms with Gasteiger partial charge in [-0.2, -0.15) is 0 Å². The van der Waals surface area contributed by atoms with E-state index in [0.717, 1.165) is 13.1 Å². The molecule has 0 amide bonds. The summed E-state index contributed by atoms with van der Waals surface area (Å²) in [6.07, 6.45) is 5.52. The molecule has 18 heavy (non-hydrogen) atoms. The van der Waals surface area contributed by atoms with E-state index < -0.39 is 0 Å². The van der Waals surface area contributed by atoms with Crippen LogP contribution in [0.2, 0.25) is 0 Å². The second kappa shape index (κ2) is 7.51. The van der Waals surface area contributed by atoms with Crippen molar-refractivity contribution in [1.29, 1.82) is 0 Å². The Kier molecular flexibility index (Phi) is 6.32. The lowest BCUT2D eigenvalue weighted by molar-refractivity contribution is -0.226. The van der Waals surface area contributed by atoms with Crippen LogP contribution in [0.15, 0.2) is 11.8 Å². The fourth-order valence-electron chi connectivity index (χ4n) is 2.20. The molecule has 0 unspecified atom stereocenters. The van der Waals surface area contributed by atoms with E-state index in [9.17, 15) is 4.79 Å². The van der Waals surface area contributed by atoms with E-state index in [4.69, 9.17) is 4.84 Å². The van der Waals surface area contributed by atoms with Crippen LogP contribution in [0.25, 0.3) is 0 Å². The number of Topliss-reactive ketones (excluding diaryl/α,β-unsaturated/α-hetero) is 1. The number of likely N-dealkylation sites (N-methyl/N-ethyl adjacent to an activating group) is 1. The van der Waals surface area contributed by atoms with Crippen molar-refractivity contribution in [3.63, 3.8) is 0 Å². The van der Waals surface area contributed by atoms with Crippen molar-refractivity contribution >= 4 is 5.78 Å². The maximum Gasteiger partial charge on any atom is 0.193 e. The summed E-state index contributed by atoms with van der Waals surface area (Å²) >= 11 is 0. The van der Waals surface area contributed by atoms with Crippen LogP contribution >= 0.6 is 0 Å². The quantitative estimate of drug-likeness (QED) is 0.528. The van der Waals surface area contributed by atoms with Gasteiger partial charge in [-0.3, -0.25) is 19.5 Å². The average Bonchev–Trinajstić information content (AvgIpc) is 2.39. The molecule has 0 aromatic rings. The maximum absolute atomic E-state index is 12.3. The summed E-state index contributed by atoms with van der Waals surface area (Å²) in [4.78, 5) is 19.6. The van der Waals surface area contributed by atoms with Gasteiger partial charge >= 0.3 is 0 Å².